The topological polar surface area (TPSA) is 21.3 Å². The second kappa shape index (κ2) is 3.60. The Labute approximate surface area is 98.7 Å². The molecule has 86 valence electrons. The number of hydrogen-bond acceptors (Lipinski definition) is 2. The highest BCUT2D eigenvalue weighted by Gasteiger charge is 2.49. The van der Waals surface area contributed by atoms with Crippen LogP contribution in [0.2, 0.25) is 5.02 Å². The molecule has 1 aliphatic carbocycles. The summed E-state index contributed by atoms with van der Waals surface area (Å²) in [4.78, 5) is 0. The van der Waals surface area contributed by atoms with Gasteiger partial charge in [-0.15, -0.1) is 0 Å². The molecule has 3 rings (SSSR count). The standard InChI is InChI=1S/C12H13ClFNO/c13-10-2-1-8(3-11(10)14)16-9-4-12(5-9)6-15-7-12/h1-3,9,15H,4-7H2. The molecule has 1 saturated carbocycles. The van der Waals surface area contributed by atoms with Crippen LogP contribution in [0.1, 0.15) is 12.8 Å². The molecule has 0 atom stereocenters. The maximum Gasteiger partial charge on any atom is 0.145 e. The van der Waals surface area contributed by atoms with E-state index >= 15 is 0 Å². The van der Waals surface area contributed by atoms with Gasteiger partial charge in [-0.25, -0.2) is 4.39 Å². The molecule has 1 spiro atoms. The van der Waals surface area contributed by atoms with E-state index in [2.05, 4.69) is 5.32 Å². The molecule has 0 aromatic heterocycles. The third-order valence-corrected chi connectivity index (χ3v) is 3.82. The Morgan fingerprint density at radius 2 is 2.12 bits per heavy atom. The normalized spacial score (nSPS) is 22.6. The van der Waals surface area contributed by atoms with Crippen LogP contribution in [0.15, 0.2) is 18.2 Å². The number of hydrogen-bond donors (Lipinski definition) is 1. The predicted molar refractivity (Wildman–Crippen MR) is 60.4 cm³/mol. The van der Waals surface area contributed by atoms with E-state index in [9.17, 15) is 4.39 Å². The van der Waals surface area contributed by atoms with Crippen LogP contribution in [0, 0.1) is 11.2 Å². The number of rotatable bonds is 2. The average Bonchev–Trinajstić information content (AvgIpc) is 2.13. The highest BCUT2D eigenvalue weighted by atomic mass is 35.5. The zero-order chi connectivity index (χ0) is 11.2. The van der Waals surface area contributed by atoms with Gasteiger partial charge < -0.3 is 10.1 Å². The molecule has 2 fully saturated rings. The van der Waals surface area contributed by atoms with Crippen molar-refractivity contribution in [2.24, 2.45) is 5.41 Å². The van der Waals surface area contributed by atoms with E-state index in [4.69, 9.17) is 16.3 Å². The largest absolute Gasteiger partial charge is 0.490 e. The molecule has 0 bridgehead atoms. The van der Waals surface area contributed by atoms with Gasteiger partial charge in [0, 0.05) is 24.6 Å². The second-order valence-electron chi connectivity index (χ2n) is 4.83. The van der Waals surface area contributed by atoms with Gasteiger partial charge in [-0.2, -0.15) is 0 Å². The summed E-state index contributed by atoms with van der Waals surface area (Å²) in [6, 6.07) is 4.60. The van der Waals surface area contributed by atoms with Crippen molar-refractivity contribution in [3.05, 3.63) is 29.0 Å². The summed E-state index contributed by atoms with van der Waals surface area (Å²) in [6.45, 7) is 2.20. The van der Waals surface area contributed by atoms with E-state index in [1.807, 2.05) is 0 Å². The molecule has 1 aromatic carbocycles. The minimum Gasteiger partial charge on any atom is -0.490 e. The summed E-state index contributed by atoms with van der Waals surface area (Å²) in [6.07, 6.45) is 2.39. The van der Waals surface area contributed by atoms with Crippen molar-refractivity contribution in [1.29, 1.82) is 0 Å². The van der Waals surface area contributed by atoms with Gasteiger partial charge in [0.15, 0.2) is 0 Å². The van der Waals surface area contributed by atoms with Crippen LogP contribution in [0.25, 0.3) is 0 Å². The molecule has 1 aliphatic heterocycles. The molecule has 0 unspecified atom stereocenters. The fraction of sp³-hybridized carbons (Fsp3) is 0.500. The lowest BCUT2D eigenvalue weighted by molar-refractivity contribution is -0.0496. The Morgan fingerprint density at radius 1 is 1.38 bits per heavy atom. The highest BCUT2D eigenvalue weighted by molar-refractivity contribution is 6.30. The summed E-state index contributed by atoms with van der Waals surface area (Å²) < 4.78 is 18.8. The van der Waals surface area contributed by atoms with Crippen molar-refractivity contribution < 1.29 is 9.13 Å². The summed E-state index contributed by atoms with van der Waals surface area (Å²) in [5.74, 6) is 0.160. The number of benzene rings is 1. The van der Waals surface area contributed by atoms with Crippen molar-refractivity contribution in [2.45, 2.75) is 18.9 Å². The van der Waals surface area contributed by atoms with Crippen molar-refractivity contribution >= 4 is 11.6 Å². The lowest BCUT2D eigenvalue weighted by atomic mass is 9.63. The average molecular weight is 242 g/mol. The van der Waals surface area contributed by atoms with Crippen molar-refractivity contribution in [3.63, 3.8) is 0 Å². The second-order valence-corrected chi connectivity index (χ2v) is 5.23. The first kappa shape index (κ1) is 10.4. The van der Waals surface area contributed by atoms with Gasteiger partial charge in [-0.3, -0.25) is 0 Å². The lowest BCUT2D eigenvalue weighted by Crippen LogP contribution is -2.62. The monoisotopic (exact) mass is 241 g/mol. The Hall–Kier alpha value is -0.800. The molecule has 16 heavy (non-hydrogen) atoms. The zero-order valence-corrected chi connectivity index (χ0v) is 9.56. The predicted octanol–water partition coefficient (Wildman–Crippen LogP) is 2.61. The van der Waals surface area contributed by atoms with Crippen LogP contribution in [0.5, 0.6) is 5.75 Å². The maximum absolute atomic E-state index is 13.2. The zero-order valence-electron chi connectivity index (χ0n) is 8.80. The van der Waals surface area contributed by atoms with Gasteiger partial charge in [-0.1, -0.05) is 11.6 Å². The van der Waals surface area contributed by atoms with E-state index in [1.54, 1.807) is 6.07 Å². The Kier molecular flexibility index (Phi) is 2.33. The van der Waals surface area contributed by atoms with Crippen molar-refractivity contribution in [2.75, 3.05) is 13.1 Å². The van der Waals surface area contributed by atoms with Crippen LogP contribution in [-0.4, -0.2) is 19.2 Å². The Balaban J connectivity index is 1.60. The molecule has 0 amide bonds. The Morgan fingerprint density at radius 3 is 2.69 bits per heavy atom. The maximum atomic E-state index is 13.2. The van der Waals surface area contributed by atoms with Gasteiger partial charge in [0.2, 0.25) is 0 Å². The van der Waals surface area contributed by atoms with Gasteiger partial charge in [0.25, 0.3) is 0 Å². The number of nitrogens with one attached hydrogen (secondary N) is 1. The smallest absolute Gasteiger partial charge is 0.145 e. The SMILES string of the molecule is Fc1cc(OC2CC3(CNC3)C2)ccc1Cl. The van der Waals surface area contributed by atoms with Crippen LogP contribution in [0.4, 0.5) is 4.39 Å². The van der Waals surface area contributed by atoms with E-state index in [-0.39, 0.29) is 11.1 Å². The first-order valence-electron chi connectivity index (χ1n) is 5.49. The van der Waals surface area contributed by atoms with Gasteiger partial charge >= 0.3 is 0 Å². The molecule has 1 saturated heterocycles. The highest BCUT2D eigenvalue weighted by Crippen LogP contribution is 2.45. The first-order chi connectivity index (χ1) is 7.67. The minimum atomic E-state index is -0.418. The van der Waals surface area contributed by atoms with E-state index in [1.165, 1.54) is 12.1 Å². The fourth-order valence-electron chi connectivity index (χ4n) is 2.50. The fourth-order valence-corrected chi connectivity index (χ4v) is 2.62. The molecule has 1 aromatic rings. The summed E-state index contributed by atoms with van der Waals surface area (Å²) in [7, 11) is 0. The molecule has 1 N–H and O–H groups in total. The lowest BCUT2D eigenvalue weighted by Gasteiger charge is -2.53. The van der Waals surface area contributed by atoms with Crippen LogP contribution >= 0.6 is 11.6 Å². The van der Waals surface area contributed by atoms with E-state index < -0.39 is 5.82 Å². The number of ether oxygens (including phenoxy) is 1. The van der Waals surface area contributed by atoms with Crippen molar-refractivity contribution in [1.82, 2.24) is 5.32 Å². The van der Waals surface area contributed by atoms with Crippen molar-refractivity contribution in [3.8, 4) is 5.75 Å². The van der Waals surface area contributed by atoms with Crippen LogP contribution < -0.4 is 10.1 Å². The third-order valence-electron chi connectivity index (χ3n) is 3.52. The van der Waals surface area contributed by atoms with Gasteiger partial charge in [-0.05, 0) is 25.0 Å². The molecular formula is C12H13ClFNO. The molecule has 4 heteroatoms. The quantitative estimate of drug-likeness (QED) is 0.860. The molecular weight excluding hydrogens is 229 g/mol. The molecule has 2 aliphatic rings. The van der Waals surface area contributed by atoms with E-state index in [0.29, 0.717) is 11.2 Å². The van der Waals surface area contributed by atoms with Gasteiger partial charge in [0.05, 0.1) is 11.1 Å². The Bertz CT molecular complexity index is 411. The third kappa shape index (κ3) is 1.68. The first-order valence-corrected chi connectivity index (χ1v) is 5.87. The molecule has 0 radical (unpaired) electrons. The van der Waals surface area contributed by atoms with Gasteiger partial charge in [0.1, 0.15) is 11.6 Å². The molecule has 1 heterocycles. The van der Waals surface area contributed by atoms with E-state index in [0.717, 1.165) is 25.9 Å². The van der Waals surface area contributed by atoms with Crippen LogP contribution in [0.3, 0.4) is 0 Å². The summed E-state index contributed by atoms with van der Waals surface area (Å²) in [5.41, 5.74) is 0.482. The minimum absolute atomic E-state index is 0.139. The van der Waals surface area contributed by atoms with Crippen LogP contribution in [-0.2, 0) is 0 Å². The number of halogens is 2. The summed E-state index contributed by atoms with van der Waals surface area (Å²) in [5, 5.41) is 3.41. The molecule has 2 nitrogen and oxygen atoms in total. The summed E-state index contributed by atoms with van der Waals surface area (Å²) >= 11 is 5.60.